The first-order valence-corrected chi connectivity index (χ1v) is 13.2. The molecular formula is C29H38N2O5. The van der Waals surface area contributed by atoms with Crippen molar-refractivity contribution in [3.63, 3.8) is 0 Å². The molecule has 1 aromatic rings. The second-order valence-electron chi connectivity index (χ2n) is 11.5. The molecule has 7 nitrogen and oxygen atoms in total. The van der Waals surface area contributed by atoms with Gasteiger partial charge in [-0.3, -0.25) is 0 Å². The number of benzene rings is 1. The summed E-state index contributed by atoms with van der Waals surface area (Å²) in [7, 11) is 2.91. The first-order valence-electron chi connectivity index (χ1n) is 13.2. The van der Waals surface area contributed by atoms with E-state index < -0.39 is 5.97 Å². The van der Waals surface area contributed by atoms with Gasteiger partial charge in [0.15, 0.2) is 11.5 Å². The van der Waals surface area contributed by atoms with Crippen molar-refractivity contribution in [1.82, 2.24) is 0 Å². The Morgan fingerprint density at radius 3 is 2.56 bits per heavy atom. The lowest BCUT2D eigenvalue weighted by molar-refractivity contribution is -0.0209. The fourth-order valence-electron chi connectivity index (χ4n) is 8.03. The molecule has 194 valence electrons. The molecule has 0 spiro atoms. The van der Waals surface area contributed by atoms with Crippen LogP contribution in [0.3, 0.4) is 0 Å². The average Bonchev–Trinajstić information content (AvgIpc) is 3.20. The van der Waals surface area contributed by atoms with Crippen LogP contribution in [0.5, 0.6) is 11.5 Å². The van der Waals surface area contributed by atoms with Crippen molar-refractivity contribution in [1.29, 1.82) is 0 Å². The van der Waals surface area contributed by atoms with Gasteiger partial charge in [0.1, 0.15) is 5.56 Å². The van der Waals surface area contributed by atoms with Gasteiger partial charge < -0.3 is 19.7 Å². The lowest BCUT2D eigenvalue weighted by Gasteiger charge is -2.57. The zero-order valence-corrected chi connectivity index (χ0v) is 21.8. The molecule has 0 bridgehead atoms. The molecule has 0 heterocycles. The number of carbonyl (C=O) groups is 1. The highest BCUT2D eigenvalue weighted by molar-refractivity contribution is 6.02. The van der Waals surface area contributed by atoms with Gasteiger partial charge in [-0.15, -0.1) is 0 Å². The summed E-state index contributed by atoms with van der Waals surface area (Å²) in [6, 6.07) is 3.36. The number of aliphatic hydroxyl groups is 1. The molecule has 0 amide bonds. The van der Waals surface area contributed by atoms with Crippen LogP contribution in [-0.2, 0) is 0 Å². The molecule has 5 rings (SSSR count). The average molecular weight is 495 g/mol. The Labute approximate surface area is 213 Å². The van der Waals surface area contributed by atoms with Crippen molar-refractivity contribution < 1.29 is 24.5 Å². The van der Waals surface area contributed by atoms with E-state index in [9.17, 15) is 15.0 Å². The topological polar surface area (TPSA) is 101 Å². The van der Waals surface area contributed by atoms with Crippen LogP contribution in [0.2, 0.25) is 0 Å². The maximum absolute atomic E-state index is 12.0. The lowest BCUT2D eigenvalue weighted by Crippen LogP contribution is -2.50. The number of methoxy groups -OCH3 is 2. The van der Waals surface area contributed by atoms with Crippen LogP contribution in [0.4, 0.5) is 0 Å². The van der Waals surface area contributed by atoms with E-state index in [2.05, 4.69) is 25.0 Å². The van der Waals surface area contributed by atoms with E-state index in [1.807, 2.05) is 0 Å². The highest BCUT2D eigenvalue weighted by atomic mass is 16.5. The van der Waals surface area contributed by atoms with Gasteiger partial charge in [0.25, 0.3) is 0 Å². The van der Waals surface area contributed by atoms with Gasteiger partial charge in [0, 0.05) is 16.7 Å². The van der Waals surface area contributed by atoms with E-state index in [1.165, 1.54) is 32.4 Å². The summed E-state index contributed by atoms with van der Waals surface area (Å²) in [6.45, 7) is 4.81. The number of hydrogen-bond donors (Lipinski definition) is 2. The number of rotatable bonds is 5. The molecule has 3 saturated carbocycles. The molecular weight excluding hydrogens is 456 g/mol. The number of aliphatic hydroxyl groups excluding tert-OH is 1. The second-order valence-corrected chi connectivity index (χ2v) is 11.5. The Hall–Kier alpha value is -2.67. The van der Waals surface area contributed by atoms with Gasteiger partial charge in [0.2, 0.25) is 0 Å². The standard InChI is InChI=1S/C29H38N2O5/c1-28-13-11-19(32)15-18(28)6-7-20-21-8-10-24(29(21,2)14-12-22(20)28)31-30-16-17-5-9-23(35-3)26(36-4)25(17)27(33)34/h5-6,9,16,19-22,32H,7-8,10-15H2,1-4H3,(H,33,34)/b30-16+,31-24+/t19?,20?,21?,22?,28-,29-/m0/s1. The van der Waals surface area contributed by atoms with Crippen molar-refractivity contribution in [2.45, 2.75) is 71.3 Å². The number of carboxylic acids is 1. The predicted octanol–water partition coefficient (Wildman–Crippen LogP) is 5.50. The minimum absolute atomic E-state index is 0.0208. The number of hydrogen-bond acceptors (Lipinski definition) is 6. The number of nitrogens with zero attached hydrogens (tertiary/aromatic N) is 2. The smallest absolute Gasteiger partial charge is 0.340 e. The monoisotopic (exact) mass is 494 g/mol. The van der Waals surface area contributed by atoms with Crippen LogP contribution in [-0.4, -0.2) is 48.4 Å². The SMILES string of the molecule is COc1ccc(/C=N/N=C2\CCC3C4CC=C5CC(O)CC[C@]5(C)C4CC[C@]23C)c(C(=O)O)c1OC. The van der Waals surface area contributed by atoms with E-state index in [4.69, 9.17) is 14.6 Å². The van der Waals surface area contributed by atoms with Gasteiger partial charge in [-0.2, -0.15) is 10.2 Å². The fraction of sp³-hybridized carbons (Fsp3) is 0.621. The highest BCUT2D eigenvalue weighted by Gasteiger charge is 2.57. The minimum atomic E-state index is -1.10. The Kier molecular flexibility index (Phi) is 6.48. The number of carboxylic acid groups (broad SMARTS) is 1. The van der Waals surface area contributed by atoms with Gasteiger partial charge in [-0.25, -0.2) is 4.79 Å². The molecule has 6 atom stereocenters. The summed E-state index contributed by atoms with van der Waals surface area (Å²) in [5.74, 6) is 1.36. The largest absolute Gasteiger partial charge is 0.493 e. The molecule has 4 aliphatic carbocycles. The molecule has 1 aromatic carbocycles. The van der Waals surface area contributed by atoms with E-state index in [0.717, 1.165) is 50.7 Å². The number of ether oxygens (including phenoxy) is 2. The summed E-state index contributed by atoms with van der Waals surface area (Å²) in [5.41, 5.74) is 3.34. The minimum Gasteiger partial charge on any atom is -0.493 e. The number of fused-ring (bicyclic) bond motifs is 5. The van der Waals surface area contributed by atoms with Gasteiger partial charge in [-0.1, -0.05) is 25.5 Å². The Balaban J connectivity index is 1.40. The first-order chi connectivity index (χ1) is 17.2. The quantitative estimate of drug-likeness (QED) is 0.320. The van der Waals surface area contributed by atoms with Crippen LogP contribution in [0.25, 0.3) is 0 Å². The predicted molar refractivity (Wildman–Crippen MR) is 139 cm³/mol. The third-order valence-corrected chi connectivity index (χ3v) is 9.99. The summed E-state index contributed by atoms with van der Waals surface area (Å²) < 4.78 is 10.6. The normalized spacial score (nSPS) is 36.7. The molecule has 3 fully saturated rings. The van der Waals surface area contributed by atoms with Crippen LogP contribution in [0.15, 0.2) is 34.0 Å². The van der Waals surface area contributed by atoms with Gasteiger partial charge >= 0.3 is 5.97 Å². The maximum atomic E-state index is 12.0. The summed E-state index contributed by atoms with van der Waals surface area (Å²) in [6.07, 6.45) is 12.1. The third-order valence-electron chi connectivity index (χ3n) is 9.99. The van der Waals surface area contributed by atoms with Crippen molar-refractivity contribution in [3.05, 3.63) is 34.9 Å². The molecule has 0 saturated heterocycles. The number of allylic oxidation sites excluding steroid dienone is 1. The molecule has 0 radical (unpaired) electrons. The van der Waals surface area contributed by atoms with E-state index >= 15 is 0 Å². The third kappa shape index (κ3) is 3.87. The molecule has 4 aliphatic rings. The van der Waals surface area contributed by atoms with Gasteiger partial charge in [0.05, 0.1) is 26.5 Å². The Morgan fingerprint density at radius 1 is 1.08 bits per heavy atom. The Bertz CT molecular complexity index is 1140. The molecule has 0 aromatic heterocycles. The zero-order valence-electron chi connectivity index (χ0n) is 21.8. The van der Waals surface area contributed by atoms with Crippen LogP contribution in [0.1, 0.15) is 81.1 Å². The molecule has 2 N–H and O–H groups in total. The zero-order chi connectivity index (χ0) is 25.7. The lowest BCUT2D eigenvalue weighted by atomic mass is 9.48. The van der Waals surface area contributed by atoms with Crippen molar-refractivity contribution >= 4 is 17.9 Å². The van der Waals surface area contributed by atoms with Gasteiger partial charge in [-0.05, 0) is 86.7 Å². The first kappa shape index (κ1) is 25.0. The summed E-state index contributed by atoms with van der Waals surface area (Å²) >= 11 is 0. The second kappa shape index (κ2) is 9.33. The maximum Gasteiger partial charge on any atom is 0.340 e. The van der Waals surface area contributed by atoms with Crippen LogP contribution < -0.4 is 9.47 Å². The molecule has 36 heavy (non-hydrogen) atoms. The van der Waals surface area contributed by atoms with Crippen molar-refractivity contribution in [2.75, 3.05) is 14.2 Å². The van der Waals surface area contributed by atoms with Crippen LogP contribution in [0, 0.1) is 28.6 Å². The summed E-state index contributed by atoms with van der Waals surface area (Å²) in [4.78, 5) is 12.0. The molecule has 4 unspecified atom stereocenters. The summed E-state index contributed by atoms with van der Waals surface area (Å²) in [5, 5.41) is 29.1. The van der Waals surface area contributed by atoms with E-state index in [-0.39, 0.29) is 28.2 Å². The van der Waals surface area contributed by atoms with Crippen molar-refractivity contribution in [3.8, 4) is 11.5 Å². The molecule has 0 aliphatic heterocycles. The van der Waals surface area contributed by atoms with Crippen molar-refractivity contribution in [2.24, 2.45) is 38.8 Å². The molecule has 7 heteroatoms. The van der Waals surface area contributed by atoms with E-state index in [1.54, 1.807) is 12.1 Å². The Morgan fingerprint density at radius 2 is 1.83 bits per heavy atom. The number of aromatic carboxylic acids is 1. The van der Waals surface area contributed by atoms with Crippen LogP contribution >= 0.6 is 0 Å². The van der Waals surface area contributed by atoms with E-state index in [0.29, 0.717) is 29.1 Å². The fourth-order valence-corrected chi connectivity index (χ4v) is 8.03. The highest BCUT2D eigenvalue weighted by Crippen LogP contribution is 2.64.